The van der Waals surface area contributed by atoms with E-state index in [9.17, 15) is 9.59 Å². The van der Waals surface area contributed by atoms with Gasteiger partial charge in [-0.05, 0) is 75.7 Å². The van der Waals surface area contributed by atoms with E-state index < -0.39 is 23.4 Å². The molecule has 0 atom stereocenters. The Morgan fingerprint density at radius 2 is 1.48 bits per heavy atom. The van der Waals surface area contributed by atoms with Crippen LogP contribution in [0.5, 0.6) is 0 Å². The molecule has 8 nitrogen and oxygen atoms in total. The number of rotatable bonds is 1. The number of guanidine groups is 1. The Balaban J connectivity index is 2.33. The molecule has 0 saturated heterocycles. The van der Waals surface area contributed by atoms with Crippen molar-refractivity contribution in [3.8, 4) is 0 Å². The number of nitrogens with zero attached hydrogens (tertiary/aromatic N) is 2. The highest BCUT2D eigenvalue weighted by Crippen LogP contribution is 2.24. The maximum absolute atomic E-state index is 12.2. The van der Waals surface area contributed by atoms with E-state index in [1.165, 1.54) is 0 Å². The van der Waals surface area contributed by atoms with Gasteiger partial charge >= 0.3 is 12.2 Å². The predicted molar refractivity (Wildman–Crippen MR) is 115 cm³/mol. The number of fused-ring (bicyclic) bond motifs is 1. The Bertz CT molecular complexity index is 914. The number of para-hydroxylation sites is 1. The van der Waals surface area contributed by atoms with Crippen molar-refractivity contribution in [1.82, 2.24) is 15.6 Å². The van der Waals surface area contributed by atoms with E-state index >= 15 is 0 Å². The highest BCUT2D eigenvalue weighted by molar-refractivity contribution is 9.10. The smallest absolute Gasteiger partial charge is 0.414 e. The van der Waals surface area contributed by atoms with Crippen LogP contribution < -0.4 is 10.6 Å². The summed E-state index contributed by atoms with van der Waals surface area (Å²) in [7, 11) is 0. The highest BCUT2D eigenvalue weighted by atomic mass is 79.9. The first-order valence-electron chi connectivity index (χ1n) is 8.96. The van der Waals surface area contributed by atoms with E-state index in [2.05, 4.69) is 36.5 Å². The molecule has 0 unspecified atom stereocenters. The third-order valence-corrected chi connectivity index (χ3v) is 3.76. The molecule has 2 rings (SSSR count). The first kappa shape index (κ1) is 22.6. The number of carbonyl (C=O) groups is 2. The van der Waals surface area contributed by atoms with Gasteiger partial charge in [0.1, 0.15) is 11.2 Å². The van der Waals surface area contributed by atoms with Crippen LogP contribution in [0.4, 0.5) is 15.4 Å². The maximum atomic E-state index is 12.2. The summed E-state index contributed by atoms with van der Waals surface area (Å²) in [6.45, 7) is 10.4. The molecule has 2 aromatic rings. The molecule has 0 aliphatic rings. The summed E-state index contributed by atoms with van der Waals surface area (Å²) in [5.41, 5.74) is -0.733. The fourth-order valence-electron chi connectivity index (χ4n) is 2.17. The third kappa shape index (κ3) is 7.69. The fraction of sp³-hybridized carbons (Fsp3) is 0.400. The number of hydrogen-bond donors (Lipinski definition) is 2. The molecule has 0 spiro atoms. The topological polar surface area (TPSA) is 102 Å². The van der Waals surface area contributed by atoms with Crippen LogP contribution in [0.25, 0.3) is 10.9 Å². The molecule has 29 heavy (non-hydrogen) atoms. The van der Waals surface area contributed by atoms with Gasteiger partial charge < -0.3 is 9.47 Å². The van der Waals surface area contributed by atoms with Crippen molar-refractivity contribution >= 4 is 50.8 Å². The quantitative estimate of drug-likeness (QED) is 0.454. The molecular formula is C20H25BrN4O4. The number of ether oxygens (including phenoxy) is 2. The van der Waals surface area contributed by atoms with Crippen LogP contribution >= 0.6 is 15.9 Å². The van der Waals surface area contributed by atoms with E-state index in [1.807, 2.05) is 24.3 Å². The fourth-order valence-corrected chi connectivity index (χ4v) is 2.64. The van der Waals surface area contributed by atoms with Crippen LogP contribution in [0, 0.1) is 0 Å². The second-order valence-electron chi connectivity index (χ2n) is 8.20. The summed E-state index contributed by atoms with van der Waals surface area (Å²) < 4.78 is 11.3. The van der Waals surface area contributed by atoms with Gasteiger partial charge in [0.15, 0.2) is 5.82 Å². The van der Waals surface area contributed by atoms with Gasteiger partial charge in [-0.1, -0.05) is 12.1 Å². The maximum Gasteiger partial charge on any atom is 0.414 e. The van der Waals surface area contributed by atoms with Crippen LogP contribution in [-0.2, 0) is 9.47 Å². The van der Waals surface area contributed by atoms with E-state index in [4.69, 9.17) is 9.47 Å². The van der Waals surface area contributed by atoms with Crippen molar-refractivity contribution < 1.29 is 19.1 Å². The summed E-state index contributed by atoms with van der Waals surface area (Å²) in [5, 5.41) is 5.77. The molecule has 0 radical (unpaired) electrons. The molecule has 9 heteroatoms. The summed E-state index contributed by atoms with van der Waals surface area (Å²) in [4.78, 5) is 33.0. The van der Waals surface area contributed by atoms with E-state index in [1.54, 1.807) is 47.6 Å². The van der Waals surface area contributed by atoms with Crippen LogP contribution in [0.15, 0.2) is 39.8 Å². The van der Waals surface area contributed by atoms with Crippen molar-refractivity contribution in [2.75, 3.05) is 0 Å². The molecule has 1 aromatic heterocycles. The summed E-state index contributed by atoms with van der Waals surface area (Å²) >= 11 is 3.45. The normalized spacial score (nSPS) is 11.6. The Hall–Kier alpha value is -2.68. The summed E-state index contributed by atoms with van der Waals surface area (Å²) in [6.07, 6.45) is -1.54. The van der Waals surface area contributed by atoms with Gasteiger partial charge in [0.25, 0.3) is 0 Å². The molecule has 156 valence electrons. The van der Waals surface area contributed by atoms with Crippen molar-refractivity contribution in [3.63, 3.8) is 0 Å². The molecule has 0 fully saturated rings. The number of aromatic nitrogens is 1. The van der Waals surface area contributed by atoms with E-state index in [0.29, 0.717) is 5.52 Å². The van der Waals surface area contributed by atoms with E-state index in [-0.39, 0.29) is 11.8 Å². The number of hydrogen-bond acceptors (Lipinski definition) is 6. The van der Waals surface area contributed by atoms with Gasteiger partial charge in [-0.2, -0.15) is 4.99 Å². The van der Waals surface area contributed by atoms with Crippen molar-refractivity contribution in [2.24, 2.45) is 4.99 Å². The minimum Gasteiger partial charge on any atom is -0.444 e. The lowest BCUT2D eigenvalue weighted by atomic mass is 10.2. The number of aliphatic imine (C=N–C) groups is 1. The van der Waals surface area contributed by atoms with Crippen molar-refractivity contribution in [2.45, 2.75) is 52.7 Å². The minimum absolute atomic E-state index is 0.160. The van der Waals surface area contributed by atoms with Gasteiger partial charge in [-0.15, -0.1) is 0 Å². The number of nitrogens with one attached hydrogen (secondary N) is 2. The lowest BCUT2D eigenvalue weighted by molar-refractivity contribution is 0.0545. The molecule has 0 aliphatic carbocycles. The molecule has 2 amide bonds. The SMILES string of the molecule is CC(C)(C)OC(=O)NC(=Nc1ccc2cccc(Br)c2n1)NC(=O)OC(C)(C)C. The summed E-state index contributed by atoms with van der Waals surface area (Å²) in [5.74, 6) is 0.124. The number of carbonyl (C=O) groups excluding carboxylic acids is 2. The average Bonchev–Trinajstić information content (AvgIpc) is 2.51. The molecule has 1 aromatic carbocycles. The van der Waals surface area contributed by atoms with Gasteiger partial charge in [0, 0.05) is 9.86 Å². The lowest BCUT2D eigenvalue weighted by Crippen LogP contribution is -2.47. The van der Waals surface area contributed by atoms with Gasteiger partial charge in [-0.25, -0.2) is 14.6 Å². The van der Waals surface area contributed by atoms with Crippen LogP contribution in [-0.4, -0.2) is 34.3 Å². The Morgan fingerprint density at radius 3 is 2.00 bits per heavy atom. The Morgan fingerprint density at radius 1 is 0.931 bits per heavy atom. The standard InChI is InChI=1S/C20H25BrN4O4/c1-19(2,3)28-17(26)24-16(25-18(27)29-20(4,5)6)23-14-11-10-12-8-7-9-13(21)15(12)22-14/h7-11H,1-6H3,(H2,22,23,24,25,26,27). The van der Waals surface area contributed by atoms with E-state index in [0.717, 1.165) is 9.86 Å². The van der Waals surface area contributed by atoms with Crippen molar-refractivity contribution in [3.05, 3.63) is 34.8 Å². The van der Waals surface area contributed by atoms with Crippen molar-refractivity contribution in [1.29, 1.82) is 0 Å². The first-order valence-corrected chi connectivity index (χ1v) is 9.76. The minimum atomic E-state index is -0.769. The Kier molecular flexibility index (Phi) is 6.84. The van der Waals surface area contributed by atoms with Gasteiger partial charge in [-0.3, -0.25) is 10.6 Å². The largest absolute Gasteiger partial charge is 0.444 e. The third-order valence-electron chi connectivity index (χ3n) is 3.12. The Labute approximate surface area is 178 Å². The zero-order chi connectivity index (χ0) is 21.8. The van der Waals surface area contributed by atoms with Crippen LogP contribution in [0.2, 0.25) is 0 Å². The monoisotopic (exact) mass is 464 g/mol. The van der Waals surface area contributed by atoms with Gasteiger partial charge in [0.05, 0.1) is 5.52 Å². The highest BCUT2D eigenvalue weighted by Gasteiger charge is 2.21. The molecular weight excluding hydrogens is 440 g/mol. The number of pyridine rings is 1. The number of benzene rings is 1. The zero-order valence-corrected chi connectivity index (χ0v) is 18.9. The van der Waals surface area contributed by atoms with Gasteiger partial charge in [0.2, 0.25) is 5.96 Å². The second kappa shape index (κ2) is 8.77. The molecule has 0 saturated carbocycles. The second-order valence-corrected chi connectivity index (χ2v) is 9.05. The number of alkyl carbamates (subject to hydrolysis) is 2. The predicted octanol–water partition coefficient (Wildman–Crippen LogP) is 5.03. The summed E-state index contributed by atoms with van der Waals surface area (Å²) in [6, 6.07) is 9.18. The number of amides is 2. The first-order chi connectivity index (χ1) is 13.3. The van der Waals surface area contributed by atoms with Crippen LogP contribution in [0.1, 0.15) is 41.5 Å². The molecule has 2 N–H and O–H groups in total. The average molecular weight is 465 g/mol. The lowest BCUT2D eigenvalue weighted by Gasteiger charge is -2.22. The molecule has 0 aliphatic heterocycles. The molecule has 0 bridgehead atoms. The van der Waals surface area contributed by atoms with Crippen LogP contribution in [0.3, 0.4) is 0 Å². The molecule has 1 heterocycles. The number of halogens is 1. The zero-order valence-electron chi connectivity index (χ0n) is 17.3.